The van der Waals surface area contributed by atoms with Crippen LogP contribution >= 0.6 is 11.3 Å². The fourth-order valence-electron chi connectivity index (χ4n) is 2.00. The van der Waals surface area contributed by atoms with E-state index in [1.165, 1.54) is 0 Å². The highest BCUT2D eigenvalue weighted by atomic mass is 32.1. The van der Waals surface area contributed by atoms with Crippen LogP contribution in [0, 0.1) is 6.92 Å². The average Bonchev–Trinajstić information content (AvgIpc) is 2.95. The molecule has 0 bridgehead atoms. The molecule has 1 heterocycles. The average molecular weight is 317 g/mol. The molecule has 0 saturated heterocycles. The van der Waals surface area contributed by atoms with Crippen LogP contribution in [-0.2, 0) is 16.0 Å². The molecule has 0 aliphatic heterocycles. The molecule has 0 aliphatic carbocycles. The number of aryl methyl sites for hydroxylation is 1. The van der Waals surface area contributed by atoms with Crippen molar-refractivity contribution in [3.8, 4) is 0 Å². The molecule has 2 rings (SSSR count). The van der Waals surface area contributed by atoms with E-state index in [-0.39, 0.29) is 11.8 Å². The van der Waals surface area contributed by atoms with Gasteiger partial charge in [0.2, 0.25) is 11.8 Å². The van der Waals surface area contributed by atoms with Crippen molar-refractivity contribution in [2.45, 2.75) is 19.8 Å². The number of thiophene rings is 1. The van der Waals surface area contributed by atoms with Gasteiger partial charge in [-0.25, -0.2) is 0 Å². The zero-order valence-corrected chi connectivity index (χ0v) is 13.2. The summed E-state index contributed by atoms with van der Waals surface area (Å²) in [6.45, 7) is 2.21. The summed E-state index contributed by atoms with van der Waals surface area (Å²) in [5.41, 5.74) is 7.68. The quantitative estimate of drug-likeness (QED) is 0.765. The third kappa shape index (κ3) is 4.68. The Bertz CT molecular complexity index is 653. The molecule has 5 nitrogen and oxygen atoms in total. The number of nitrogens with one attached hydrogen (secondary N) is 2. The van der Waals surface area contributed by atoms with Crippen molar-refractivity contribution >= 4 is 34.5 Å². The lowest BCUT2D eigenvalue weighted by Gasteiger charge is -2.11. The van der Waals surface area contributed by atoms with Crippen LogP contribution < -0.4 is 16.4 Å². The van der Waals surface area contributed by atoms with E-state index in [1.54, 1.807) is 23.5 Å². The second-order valence-corrected chi connectivity index (χ2v) is 5.95. The second-order valence-electron chi connectivity index (χ2n) is 4.92. The molecule has 0 aliphatic rings. The second kappa shape index (κ2) is 7.72. The van der Waals surface area contributed by atoms with Gasteiger partial charge in [0.15, 0.2) is 0 Å². The molecular weight excluding hydrogens is 298 g/mol. The van der Waals surface area contributed by atoms with E-state index < -0.39 is 0 Å². The van der Waals surface area contributed by atoms with E-state index in [0.717, 1.165) is 16.1 Å². The molecule has 6 heteroatoms. The molecule has 0 atom stereocenters. The summed E-state index contributed by atoms with van der Waals surface area (Å²) in [5.74, 6) is -0.165. The topological polar surface area (TPSA) is 84.2 Å². The molecule has 1 aromatic carbocycles. The van der Waals surface area contributed by atoms with Gasteiger partial charge in [0.05, 0.1) is 6.42 Å². The summed E-state index contributed by atoms with van der Waals surface area (Å²) < 4.78 is 0. The Morgan fingerprint density at radius 1 is 1.18 bits per heavy atom. The Balaban J connectivity index is 1.97. The number of carbonyl (C=O) groups is 2. The third-order valence-electron chi connectivity index (χ3n) is 3.07. The summed E-state index contributed by atoms with van der Waals surface area (Å²) in [5, 5.41) is 7.61. The van der Waals surface area contributed by atoms with Crippen LogP contribution in [0.5, 0.6) is 0 Å². The number of anilines is 2. The van der Waals surface area contributed by atoms with Crippen molar-refractivity contribution in [3.05, 3.63) is 46.2 Å². The standard InChI is InChI=1S/C16H19N3O2S/c1-11-9-12(18-15(20)6-7-17)4-5-14(11)19-16(21)10-13-3-2-8-22-13/h2-5,8-9H,6-7,10,17H2,1H3,(H,18,20)(H,19,21). The van der Waals surface area contributed by atoms with E-state index in [2.05, 4.69) is 10.6 Å². The molecule has 2 amide bonds. The Labute approximate surface area is 133 Å². The van der Waals surface area contributed by atoms with Crippen molar-refractivity contribution < 1.29 is 9.59 Å². The minimum Gasteiger partial charge on any atom is -0.330 e. The van der Waals surface area contributed by atoms with Crippen LogP contribution in [0.2, 0.25) is 0 Å². The minimum atomic E-state index is -0.114. The van der Waals surface area contributed by atoms with Gasteiger partial charge in [-0.2, -0.15) is 0 Å². The number of hydrogen-bond acceptors (Lipinski definition) is 4. The molecule has 0 fully saturated rings. The van der Waals surface area contributed by atoms with Crippen molar-refractivity contribution in [2.24, 2.45) is 5.73 Å². The molecule has 2 aromatic rings. The molecule has 0 unspecified atom stereocenters. The summed E-state index contributed by atoms with van der Waals surface area (Å²) >= 11 is 1.56. The Morgan fingerprint density at radius 2 is 2.00 bits per heavy atom. The van der Waals surface area contributed by atoms with E-state index in [9.17, 15) is 9.59 Å². The first kappa shape index (κ1) is 16.2. The first-order valence-electron chi connectivity index (χ1n) is 7.01. The van der Waals surface area contributed by atoms with Gasteiger partial charge in [-0.1, -0.05) is 6.07 Å². The Kier molecular flexibility index (Phi) is 5.68. The fraction of sp³-hybridized carbons (Fsp3) is 0.250. The highest BCUT2D eigenvalue weighted by Gasteiger charge is 2.08. The summed E-state index contributed by atoms with van der Waals surface area (Å²) in [6, 6.07) is 9.25. The fourth-order valence-corrected chi connectivity index (χ4v) is 2.71. The zero-order chi connectivity index (χ0) is 15.9. The Morgan fingerprint density at radius 3 is 2.64 bits per heavy atom. The van der Waals surface area contributed by atoms with E-state index in [4.69, 9.17) is 5.73 Å². The van der Waals surface area contributed by atoms with Gasteiger partial charge in [0.25, 0.3) is 0 Å². The smallest absolute Gasteiger partial charge is 0.229 e. The van der Waals surface area contributed by atoms with Gasteiger partial charge < -0.3 is 16.4 Å². The van der Waals surface area contributed by atoms with Crippen molar-refractivity contribution in [3.63, 3.8) is 0 Å². The maximum Gasteiger partial charge on any atom is 0.229 e. The van der Waals surface area contributed by atoms with Gasteiger partial charge in [-0.15, -0.1) is 11.3 Å². The highest BCUT2D eigenvalue weighted by molar-refractivity contribution is 7.10. The lowest BCUT2D eigenvalue weighted by Crippen LogP contribution is -2.17. The predicted molar refractivity (Wildman–Crippen MR) is 90.1 cm³/mol. The SMILES string of the molecule is Cc1cc(NC(=O)CCN)ccc1NC(=O)Cc1cccs1. The normalized spacial score (nSPS) is 10.3. The van der Waals surface area contributed by atoms with Crippen LogP contribution in [0.4, 0.5) is 11.4 Å². The molecular formula is C16H19N3O2S. The number of hydrogen-bond donors (Lipinski definition) is 3. The first-order chi connectivity index (χ1) is 10.6. The summed E-state index contributed by atoms with van der Waals surface area (Å²) in [6.07, 6.45) is 0.657. The lowest BCUT2D eigenvalue weighted by molar-refractivity contribution is -0.116. The first-order valence-corrected chi connectivity index (χ1v) is 7.89. The van der Waals surface area contributed by atoms with Crippen LogP contribution in [0.25, 0.3) is 0 Å². The molecule has 0 radical (unpaired) electrons. The molecule has 1 aromatic heterocycles. The number of nitrogens with two attached hydrogens (primary N) is 1. The van der Waals surface area contributed by atoms with Crippen molar-refractivity contribution in [1.29, 1.82) is 0 Å². The summed E-state index contributed by atoms with van der Waals surface area (Å²) in [4.78, 5) is 24.5. The van der Waals surface area contributed by atoms with Gasteiger partial charge in [-0.3, -0.25) is 9.59 Å². The highest BCUT2D eigenvalue weighted by Crippen LogP contribution is 2.20. The van der Waals surface area contributed by atoms with Crippen molar-refractivity contribution in [1.82, 2.24) is 0 Å². The summed E-state index contributed by atoms with van der Waals surface area (Å²) in [7, 11) is 0. The molecule has 0 spiro atoms. The minimum absolute atomic E-state index is 0.0505. The molecule has 22 heavy (non-hydrogen) atoms. The maximum atomic E-state index is 12.0. The number of carbonyl (C=O) groups excluding carboxylic acids is 2. The molecule has 0 saturated carbocycles. The number of rotatable bonds is 6. The van der Waals surface area contributed by atoms with Crippen LogP contribution in [0.3, 0.4) is 0 Å². The van der Waals surface area contributed by atoms with E-state index in [1.807, 2.05) is 30.5 Å². The maximum absolute atomic E-state index is 12.0. The monoisotopic (exact) mass is 317 g/mol. The molecule has 4 N–H and O–H groups in total. The lowest BCUT2D eigenvalue weighted by atomic mass is 10.1. The number of amides is 2. The van der Waals surface area contributed by atoms with Gasteiger partial charge in [0.1, 0.15) is 0 Å². The van der Waals surface area contributed by atoms with Crippen molar-refractivity contribution in [2.75, 3.05) is 17.2 Å². The van der Waals surface area contributed by atoms with Crippen LogP contribution in [0.15, 0.2) is 35.7 Å². The third-order valence-corrected chi connectivity index (χ3v) is 3.95. The van der Waals surface area contributed by atoms with Crippen LogP contribution in [0.1, 0.15) is 16.9 Å². The van der Waals surface area contributed by atoms with Gasteiger partial charge >= 0.3 is 0 Å². The van der Waals surface area contributed by atoms with E-state index in [0.29, 0.717) is 25.1 Å². The zero-order valence-electron chi connectivity index (χ0n) is 12.4. The van der Waals surface area contributed by atoms with E-state index >= 15 is 0 Å². The molecule has 116 valence electrons. The van der Waals surface area contributed by atoms with Gasteiger partial charge in [-0.05, 0) is 42.1 Å². The van der Waals surface area contributed by atoms with Gasteiger partial charge in [0, 0.05) is 29.2 Å². The largest absolute Gasteiger partial charge is 0.330 e. The number of benzene rings is 1. The Hall–Kier alpha value is -2.18. The predicted octanol–water partition coefficient (Wildman–Crippen LogP) is 2.53. The van der Waals surface area contributed by atoms with Crippen LogP contribution in [-0.4, -0.2) is 18.4 Å².